The number of ether oxygens (including phenoxy) is 1. The summed E-state index contributed by atoms with van der Waals surface area (Å²) in [6.07, 6.45) is 1.48. The van der Waals surface area contributed by atoms with Crippen molar-refractivity contribution in [3.05, 3.63) is 30.0 Å². The van der Waals surface area contributed by atoms with Crippen molar-refractivity contribution in [1.29, 1.82) is 0 Å². The maximum Gasteiger partial charge on any atom is 0.341 e. The summed E-state index contributed by atoms with van der Waals surface area (Å²) in [6.45, 7) is 2.06. The molecule has 6 heteroatoms. The molecule has 1 aromatic heterocycles. The number of nitrogens with two attached hydrogens (primary N) is 1. The number of hydrazine groups is 1. The van der Waals surface area contributed by atoms with E-state index in [-0.39, 0.29) is 0 Å². The van der Waals surface area contributed by atoms with Gasteiger partial charge in [0.25, 0.3) is 0 Å². The lowest BCUT2D eigenvalue weighted by atomic mass is 10.1. The number of esters is 1. The average molecular weight is 274 g/mol. The Bertz CT molecular complexity index is 640. The first kappa shape index (κ1) is 14.1. The smallest absolute Gasteiger partial charge is 0.341 e. The summed E-state index contributed by atoms with van der Waals surface area (Å²) in [4.78, 5) is 18.2. The highest BCUT2D eigenvalue weighted by Crippen LogP contribution is 2.29. The summed E-state index contributed by atoms with van der Waals surface area (Å²) in [5.41, 5.74) is 5.20. The zero-order valence-electron chi connectivity index (χ0n) is 11.8. The van der Waals surface area contributed by atoms with Crippen LogP contribution in [-0.2, 0) is 4.74 Å². The molecule has 20 heavy (non-hydrogen) atoms. The van der Waals surface area contributed by atoms with E-state index < -0.39 is 5.97 Å². The number of carbonyl (C=O) groups excluding carboxylic acids is 1. The predicted octanol–water partition coefficient (Wildman–Crippen LogP) is 1.76. The minimum Gasteiger partial charge on any atom is -0.462 e. The molecule has 0 aliphatic carbocycles. The van der Waals surface area contributed by atoms with E-state index in [1.54, 1.807) is 6.92 Å². The van der Waals surface area contributed by atoms with Gasteiger partial charge in [-0.25, -0.2) is 4.79 Å². The van der Waals surface area contributed by atoms with Crippen LogP contribution in [0.2, 0.25) is 0 Å². The summed E-state index contributed by atoms with van der Waals surface area (Å²) >= 11 is 0. The van der Waals surface area contributed by atoms with E-state index in [1.807, 2.05) is 37.2 Å². The van der Waals surface area contributed by atoms with Gasteiger partial charge in [0, 0.05) is 31.4 Å². The van der Waals surface area contributed by atoms with Crippen LogP contribution in [0, 0.1) is 0 Å². The third-order valence-corrected chi connectivity index (χ3v) is 3.01. The third-order valence-electron chi connectivity index (χ3n) is 3.01. The molecule has 0 amide bonds. The first-order valence-corrected chi connectivity index (χ1v) is 6.32. The van der Waals surface area contributed by atoms with Gasteiger partial charge in [-0.2, -0.15) is 0 Å². The van der Waals surface area contributed by atoms with E-state index in [9.17, 15) is 4.79 Å². The van der Waals surface area contributed by atoms with E-state index in [1.165, 1.54) is 6.20 Å². The molecule has 1 heterocycles. The van der Waals surface area contributed by atoms with Crippen molar-refractivity contribution >= 4 is 28.2 Å². The van der Waals surface area contributed by atoms with Crippen LogP contribution in [-0.4, -0.2) is 31.7 Å². The Morgan fingerprint density at radius 3 is 2.80 bits per heavy atom. The van der Waals surface area contributed by atoms with Crippen molar-refractivity contribution in [3.8, 4) is 0 Å². The molecule has 0 unspecified atom stereocenters. The number of aromatic nitrogens is 1. The van der Waals surface area contributed by atoms with Crippen LogP contribution in [0.25, 0.3) is 10.9 Å². The zero-order valence-corrected chi connectivity index (χ0v) is 11.8. The SMILES string of the molecule is CCOC(=O)c1cnc2ccc(N(C)C)cc2c1NN. The molecule has 2 rings (SSSR count). The number of pyridine rings is 1. The summed E-state index contributed by atoms with van der Waals surface area (Å²) < 4.78 is 5.01. The molecule has 0 aliphatic heterocycles. The Balaban J connectivity index is 2.64. The first-order valence-electron chi connectivity index (χ1n) is 6.32. The van der Waals surface area contributed by atoms with Gasteiger partial charge in [0.2, 0.25) is 0 Å². The van der Waals surface area contributed by atoms with Gasteiger partial charge in [-0.1, -0.05) is 0 Å². The number of nitrogens with one attached hydrogen (secondary N) is 1. The molecule has 3 N–H and O–H groups in total. The number of benzene rings is 1. The summed E-state index contributed by atoms with van der Waals surface area (Å²) in [5.74, 6) is 5.14. The number of fused-ring (bicyclic) bond motifs is 1. The predicted molar refractivity (Wildman–Crippen MR) is 79.8 cm³/mol. The van der Waals surface area contributed by atoms with Gasteiger partial charge < -0.3 is 15.1 Å². The van der Waals surface area contributed by atoms with E-state index in [4.69, 9.17) is 10.6 Å². The lowest BCUT2D eigenvalue weighted by Gasteiger charge is -2.15. The number of hydrogen-bond acceptors (Lipinski definition) is 6. The summed E-state index contributed by atoms with van der Waals surface area (Å²) in [5, 5.41) is 0.782. The Morgan fingerprint density at radius 2 is 2.20 bits per heavy atom. The largest absolute Gasteiger partial charge is 0.462 e. The Morgan fingerprint density at radius 1 is 1.45 bits per heavy atom. The van der Waals surface area contributed by atoms with Gasteiger partial charge in [-0.15, -0.1) is 0 Å². The molecular formula is C14H18N4O2. The maximum atomic E-state index is 11.9. The van der Waals surface area contributed by atoms with E-state index in [2.05, 4.69) is 10.4 Å². The molecule has 1 aromatic carbocycles. The Hall–Kier alpha value is -2.34. The van der Waals surface area contributed by atoms with Crippen LogP contribution >= 0.6 is 0 Å². The van der Waals surface area contributed by atoms with Crippen molar-refractivity contribution in [2.24, 2.45) is 5.84 Å². The van der Waals surface area contributed by atoms with Gasteiger partial charge in [0.1, 0.15) is 5.56 Å². The molecule has 0 aliphatic rings. The van der Waals surface area contributed by atoms with Gasteiger partial charge in [-0.05, 0) is 25.1 Å². The Labute approximate surface area is 117 Å². The fourth-order valence-electron chi connectivity index (χ4n) is 1.98. The molecule has 0 atom stereocenters. The van der Waals surface area contributed by atoms with Crippen LogP contribution < -0.4 is 16.2 Å². The van der Waals surface area contributed by atoms with E-state index >= 15 is 0 Å². The average Bonchev–Trinajstić information content (AvgIpc) is 2.45. The fourth-order valence-corrected chi connectivity index (χ4v) is 1.98. The quantitative estimate of drug-likeness (QED) is 0.502. The van der Waals surface area contributed by atoms with Crippen LogP contribution in [0.3, 0.4) is 0 Å². The van der Waals surface area contributed by atoms with Crippen molar-refractivity contribution in [3.63, 3.8) is 0 Å². The first-order chi connectivity index (χ1) is 9.58. The molecule has 0 radical (unpaired) electrons. The monoisotopic (exact) mass is 274 g/mol. The summed E-state index contributed by atoms with van der Waals surface area (Å²) in [6, 6.07) is 5.78. The minimum absolute atomic E-state index is 0.304. The molecule has 0 bridgehead atoms. The van der Waals surface area contributed by atoms with Crippen molar-refractivity contribution in [2.45, 2.75) is 6.92 Å². The number of anilines is 2. The standard InChI is InChI=1S/C14H18N4O2/c1-4-20-14(19)11-8-16-12-6-5-9(18(2)3)7-10(12)13(11)17-15/h5-8H,4,15H2,1-3H3,(H,16,17). The highest BCUT2D eigenvalue weighted by Gasteiger charge is 2.16. The molecular weight excluding hydrogens is 256 g/mol. The number of hydrogen-bond donors (Lipinski definition) is 2. The van der Waals surface area contributed by atoms with E-state index in [0.29, 0.717) is 17.9 Å². The topological polar surface area (TPSA) is 80.5 Å². The molecule has 6 nitrogen and oxygen atoms in total. The second-order valence-electron chi connectivity index (χ2n) is 4.51. The lowest BCUT2D eigenvalue weighted by Crippen LogP contribution is -2.15. The van der Waals surface area contributed by atoms with Crippen LogP contribution in [0.4, 0.5) is 11.4 Å². The van der Waals surface area contributed by atoms with Crippen molar-refractivity contribution in [2.75, 3.05) is 31.0 Å². The van der Waals surface area contributed by atoms with Crippen LogP contribution in [0.15, 0.2) is 24.4 Å². The number of rotatable bonds is 4. The fraction of sp³-hybridized carbons (Fsp3) is 0.286. The number of nitrogens with zero attached hydrogens (tertiary/aromatic N) is 2. The molecule has 0 spiro atoms. The molecule has 0 saturated carbocycles. The molecule has 106 valence electrons. The second kappa shape index (κ2) is 5.75. The third kappa shape index (κ3) is 2.50. The molecule has 0 saturated heterocycles. The molecule has 2 aromatic rings. The second-order valence-corrected chi connectivity index (χ2v) is 4.51. The normalized spacial score (nSPS) is 10.4. The van der Waals surface area contributed by atoms with Crippen molar-refractivity contribution in [1.82, 2.24) is 4.98 Å². The van der Waals surface area contributed by atoms with Gasteiger partial charge in [0.15, 0.2) is 0 Å². The maximum absolute atomic E-state index is 11.9. The van der Waals surface area contributed by atoms with Gasteiger partial charge in [-0.3, -0.25) is 10.8 Å². The number of carbonyl (C=O) groups is 1. The van der Waals surface area contributed by atoms with Crippen molar-refractivity contribution < 1.29 is 9.53 Å². The zero-order chi connectivity index (χ0) is 14.7. The van der Waals surface area contributed by atoms with Crippen LogP contribution in [0.1, 0.15) is 17.3 Å². The van der Waals surface area contributed by atoms with Gasteiger partial charge in [0.05, 0.1) is 17.8 Å². The summed E-state index contributed by atoms with van der Waals surface area (Å²) in [7, 11) is 3.89. The van der Waals surface area contributed by atoms with E-state index in [0.717, 1.165) is 16.6 Å². The lowest BCUT2D eigenvalue weighted by molar-refractivity contribution is 0.0527. The highest BCUT2D eigenvalue weighted by molar-refractivity contribution is 6.05. The molecule has 0 fully saturated rings. The Kier molecular flexibility index (Phi) is 4.05. The van der Waals surface area contributed by atoms with Crippen LogP contribution in [0.5, 0.6) is 0 Å². The highest BCUT2D eigenvalue weighted by atomic mass is 16.5. The number of nitrogen functional groups attached to an aromatic ring is 1. The minimum atomic E-state index is -0.440. The van der Waals surface area contributed by atoms with Gasteiger partial charge >= 0.3 is 5.97 Å².